The van der Waals surface area contributed by atoms with Crippen LogP contribution >= 0.6 is 0 Å². The Hall–Kier alpha value is -1.29. The molecule has 0 amide bonds. The molecule has 0 unspecified atom stereocenters. The second-order valence-electron chi connectivity index (χ2n) is 4.37. The minimum absolute atomic E-state index is 0.719. The highest BCUT2D eigenvalue weighted by atomic mass is 16.5. The van der Waals surface area contributed by atoms with Crippen molar-refractivity contribution in [2.75, 3.05) is 13.1 Å². The summed E-state index contributed by atoms with van der Waals surface area (Å²) in [6, 6.07) is 5.72. The first-order valence-corrected chi connectivity index (χ1v) is 5.69. The Labute approximate surface area is 95.8 Å². The molecule has 1 aliphatic rings. The molecule has 0 N–H and O–H groups in total. The summed E-state index contributed by atoms with van der Waals surface area (Å²) in [6.07, 6.45) is 2.59. The molecule has 80 valence electrons. The topological polar surface area (TPSA) is 29.3 Å². The van der Waals surface area contributed by atoms with E-state index in [1.165, 1.54) is 25.9 Å². The van der Waals surface area contributed by atoms with Crippen LogP contribution in [-0.2, 0) is 6.54 Å². The van der Waals surface area contributed by atoms with E-state index >= 15 is 0 Å². The fourth-order valence-corrected chi connectivity index (χ4v) is 2.27. The van der Waals surface area contributed by atoms with Crippen molar-refractivity contribution in [2.24, 2.45) is 0 Å². The predicted octanol–water partition coefficient (Wildman–Crippen LogP) is 1.22. The monoisotopic (exact) mass is 212 g/mol. The Balaban J connectivity index is 1.91. The van der Waals surface area contributed by atoms with Gasteiger partial charge in [-0.3, -0.25) is 4.90 Å². The largest absolute Gasteiger partial charge is 0.356 e. The van der Waals surface area contributed by atoms with Gasteiger partial charge < -0.3 is 4.52 Å². The van der Waals surface area contributed by atoms with E-state index in [4.69, 9.17) is 12.4 Å². The molecule has 2 heterocycles. The smallest absolute Gasteiger partial charge is 0.166 e. The SMILES string of the molecule is [B]c1ccc2c(CN3CCCC3)noc2c1. The van der Waals surface area contributed by atoms with E-state index in [9.17, 15) is 0 Å². The van der Waals surface area contributed by atoms with Crippen molar-refractivity contribution in [3.8, 4) is 0 Å². The van der Waals surface area contributed by atoms with E-state index in [1.54, 1.807) is 0 Å². The Morgan fingerprint density at radius 1 is 1.31 bits per heavy atom. The number of benzene rings is 1. The maximum absolute atomic E-state index is 5.70. The van der Waals surface area contributed by atoms with Crippen molar-refractivity contribution in [3.05, 3.63) is 23.9 Å². The molecule has 16 heavy (non-hydrogen) atoms. The summed E-state index contributed by atoms with van der Waals surface area (Å²) < 4.78 is 5.28. The molecule has 1 aliphatic heterocycles. The highest BCUT2D eigenvalue weighted by Gasteiger charge is 2.15. The van der Waals surface area contributed by atoms with Gasteiger partial charge in [0, 0.05) is 11.9 Å². The highest BCUT2D eigenvalue weighted by molar-refractivity contribution is 6.33. The number of rotatable bonds is 2. The van der Waals surface area contributed by atoms with Crippen LogP contribution in [-0.4, -0.2) is 31.0 Å². The molecule has 0 saturated carbocycles. The van der Waals surface area contributed by atoms with Crippen LogP contribution in [0.4, 0.5) is 0 Å². The average molecular weight is 212 g/mol. The van der Waals surface area contributed by atoms with E-state index in [0.29, 0.717) is 0 Å². The van der Waals surface area contributed by atoms with E-state index in [-0.39, 0.29) is 0 Å². The Morgan fingerprint density at radius 2 is 2.12 bits per heavy atom. The molecule has 3 nitrogen and oxygen atoms in total. The molecule has 0 spiro atoms. The summed E-state index contributed by atoms with van der Waals surface area (Å²) in [7, 11) is 5.70. The first-order chi connectivity index (χ1) is 7.83. The van der Waals surface area contributed by atoms with Crippen molar-refractivity contribution in [3.63, 3.8) is 0 Å². The third-order valence-corrected chi connectivity index (χ3v) is 3.14. The summed E-state index contributed by atoms with van der Waals surface area (Å²) in [6.45, 7) is 3.23. The van der Waals surface area contributed by atoms with Crippen molar-refractivity contribution in [1.82, 2.24) is 10.1 Å². The van der Waals surface area contributed by atoms with E-state index in [2.05, 4.69) is 10.1 Å². The van der Waals surface area contributed by atoms with Crippen LogP contribution in [0.2, 0.25) is 0 Å². The molecule has 1 aromatic heterocycles. The summed E-state index contributed by atoms with van der Waals surface area (Å²) in [4.78, 5) is 2.41. The Bertz CT molecular complexity index is 503. The zero-order chi connectivity index (χ0) is 11.0. The van der Waals surface area contributed by atoms with Crippen molar-refractivity contribution in [1.29, 1.82) is 0 Å². The van der Waals surface area contributed by atoms with Gasteiger partial charge in [0.2, 0.25) is 0 Å². The normalized spacial score (nSPS) is 17.2. The summed E-state index contributed by atoms with van der Waals surface area (Å²) in [5.74, 6) is 0. The van der Waals surface area contributed by atoms with Gasteiger partial charge in [-0.1, -0.05) is 16.7 Å². The second-order valence-corrected chi connectivity index (χ2v) is 4.37. The van der Waals surface area contributed by atoms with Gasteiger partial charge >= 0.3 is 0 Å². The van der Waals surface area contributed by atoms with Gasteiger partial charge in [0.15, 0.2) is 5.58 Å². The summed E-state index contributed by atoms with van der Waals surface area (Å²) in [5.41, 5.74) is 2.53. The lowest BCUT2D eigenvalue weighted by molar-refractivity contribution is 0.317. The Kier molecular flexibility index (Phi) is 2.44. The van der Waals surface area contributed by atoms with Gasteiger partial charge in [-0.2, -0.15) is 0 Å². The molecular weight excluding hydrogens is 199 g/mol. The number of nitrogens with zero attached hydrogens (tertiary/aromatic N) is 2. The van der Waals surface area contributed by atoms with Gasteiger partial charge in [-0.25, -0.2) is 0 Å². The second kappa shape index (κ2) is 3.94. The highest BCUT2D eigenvalue weighted by Crippen LogP contribution is 2.20. The predicted molar refractivity (Wildman–Crippen MR) is 63.9 cm³/mol. The van der Waals surface area contributed by atoms with E-state index < -0.39 is 0 Å². The van der Waals surface area contributed by atoms with E-state index in [0.717, 1.165) is 28.7 Å². The third kappa shape index (κ3) is 1.73. The lowest BCUT2D eigenvalue weighted by Crippen LogP contribution is -2.18. The molecule has 0 bridgehead atoms. The zero-order valence-electron chi connectivity index (χ0n) is 9.15. The molecule has 2 aromatic rings. The first-order valence-electron chi connectivity index (χ1n) is 5.69. The zero-order valence-corrected chi connectivity index (χ0v) is 9.15. The molecule has 1 fully saturated rings. The van der Waals surface area contributed by atoms with Gasteiger partial charge in [-0.15, -0.1) is 0 Å². The molecule has 0 atom stereocenters. The fraction of sp³-hybridized carbons (Fsp3) is 0.417. The fourth-order valence-electron chi connectivity index (χ4n) is 2.27. The lowest BCUT2D eigenvalue weighted by Gasteiger charge is -2.11. The average Bonchev–Trinajstić information content (AvgIpc) is 2.89. The Morgan fingerprint density at radius 3 is 2.94 bits per heavy atom. The minimum atomic E-state index is 0.719. The van der Waals surface area contributed by atoms with Gasteiger partial charge in [0.25, 0.3) is 0 Å². The van der Waals surface area contributed by atoms with Crippen molar-refractivity contribution >= 4 is 24.3 Å². The molecule has 2 radical (unpaired) electrons. The minimum Gasteiger partial charge on any atom is -0.356 e. The molecule has 3 rings (SSSR count). The van der Waals surface area contributed by atoms with Crippen LogP contribution in [0.15, 0.2) is 22.7 Å². The lowest BCUT2D eigenvalue weighted by atomic mass is 9.95. The van der Waals surface area contributed by atoms with Gasteiger partial charge in [-0.05, 0) is 38.1 Å². The van der Waals surface area contributed by atoms with E-state index in [1.807, 2.05) is 18.2 Å². The third-order valence-electron chi connectivity index (χ3n) is 3.14. The van der Waals surface area contributed by atoms with Gasteiger partial charge in [0.1, 0.15) is 13.5 Å². The number of aromatic nitrogens is 1. The van der Waals surface area contributed by atoms with Crippen LogP contribution in [0.5, 0.6) is 0 Å². The summed E-state index contributed by atoms with van der Waals surface area (Å²) in [5, 5.41) is 5.21. The van der Waals surface area contributed by atoms with Crippen molar-refractivity contribution < 1.29 is 4.52 Å². The van der Waals surface area contributed by atoms with Crippen LogP contribution in [0.25, 0.3) is 11.0 Å². The number of hydrogen-bond donors (Lipinski definition) is 0. The van der Waals surface area contributed by atoms with Crippen LogP contribution in [0.3, 0.4) is 0 Å². The number of likely N-dealkylation sites (tertiary alicyclic amines) is 1. The van der Waals surface area contributed by atoms with Crippen LogP contribution < -0.4 is 5.46 Å². The molecule has 1 aromatic carbocycles. The molecule has 1 saturated heterocycles. The molecular formula is C12H13BN2O. The van der Waals surface area contributed by atoms with Crippen LogP contribution in [0.1, 0.15) is 18.5 Å². The standard InChI is InChI=1S/C12H13BN2O/c13-9-3-4-10-11(14-16-12(10)7-9)8-15-5-1-2-6-15/h3-4,7H,1-2,5-6,8H2. The summed E-state index contributed by atoms with van der Waals surface area (Å²) >= 11 is 0. The van der Waals surface area contributed by atoms with Crippen LogP contribution in [0, 0.1) is 0 Å². The molecule has 4 heteroatoms. The maximum Gasteiger partial charge on any atom is 0.166 e. The number of fused-ring (bicyclic) bond motifs is 1. The van der Waals surface area contributed by atoms with Gasteiger partial charge in [0.05, 0.1) is 0 Å². The maximum atomic E-state index is 5.70. The van der Waals surface area contributed by atoms with Crippen molar-refractivity contribution in [2.45, 2.75) is 19.4 Å². The quantitative estimate of drug-likeness (QED) is 0.701. The first kappa shape index (κ1) is 9.91. The molecule has 0 aliphatic carbocycles. The number of hydrogen-bond acceptors (Lipinski definition) is 3.